The second kappa shape index (κ2) is 11.6. The maximum atomic E-state index is 13.3. The first-order valence-electron chi connectivity index (χ1n) is 10.9. The second-order valence-electron chi connectivity index (χ2n) is 9.08. The number of carbonyl (C=O) groups is 1. The van der Waals surface area contributed by atoms with Crippen molar-refractivity contribution in [3.05, 3.63) is 48.0 Å². The highest BCUT2D eigenvalue weighted by Crippen LogP contribution is 2.36. The van der Waals surface area contributed by atoms with E-state index in [4.69, 9.17) is 18.9 Å². The first kappa shape index (κ1) is 26.1. The minimum atomic E-state index is -0.176. The third kappa shape index (κ3) is 7.45. The summed E-state index contributed by atoms with van der Waals surface area (Å²) in [6.45, 7) is 12.4. The van der Waals surface area contributed by atoms with Crippen LogP contribution in [0.15, 0.2) is 42.5 Å². The molecule has 0 spiro atoms. The molecule has 0 aromatic heterocycles. The highest BCUT2D eigenvalue weighted by atomic mass is 32.2. The fraction of sp³-hybridized carbons (Fsp3) is 0.500. The average molecular weight is 461 g/mol. The normalized spacial score (nSPS) is 13.5. The zero-order chi connectivity index (χ0) is 23.9. The molecule has 2 rings (SSSR count). The summed E-state index contributed by atoms with van der Waals surface area (Å²) in [6, 6.07) is 12.6. The molecule has 32 heavy (non-hydrogen) atoms. The maximum absolute atomic E-state index is 13.3. The Kier molecular flexibility index (Phi) is 9.47. The van der Waals surface area contributed by atoms with Gasteiger partial charge in [0.25, 0.3) is 0 Å². The molecule has 0 aliphatic rings. The molecule has 0 saturated carbocycles. The van der Waals surface area contributed by atoms with Crippen LogP contribution in [-0.2, 0) is 4.74 Å². The van der Waals surface area contributed by atoms with Crippen molar-refractivity contribution in [3.63, 3.8) is 0 Å². The fourth-order valence-corrected chi connectivity index (χ4v) is 4.61. The quantitative estimate of drug-likeness (QED) is 0.350. The maximum Gasteiger partial charge on any atom is 0.176 e. The summed E-state index contributed by atoms with van der Waals surface area (Å²) in [7, 11) is 3.19. The molecule has 2 aromatic rings. The van der Waals surface area contributed by atoms with Crippen molar-refractivity contribution >= 4 is 17.5 Å². The second-order valence-corrected chi connectivity index (χ2v) is 10.2. The number of benzene rings is 2. The smallest absolute Gasteiger partial charge is 0.176 e. The van der Waals surface area contributed by atoms with Crippen LogP contribution in [0.4, 0.5) is 0 Å². The van der Waals surface area contributed by atoms with Crippen LogP contribution in [0.3, 0.4) is 0 Å². The molecule has 6 heteroatoms. The van der Waals surface area contributed by atoms with Crippen LogP contribution >= 0.6 is 11.8 Å². The summed E-state index contributed by atoms with van der Waals surface area (Å²) in [4.78, 5) is 13.3. The molecule has 2 unspecified atom stereocenters. The lowest BCUT2D eigenvalue weighted by molar-refractivity contribution is 0.0326. The minimum absolute atomic E-state index is 0.0907. The predicted octanol–water partition coefficient (Wildman–Crippen LogP) is 6.64. The van der Waals surface area contributed by atoms with Gasteiger partial charge in [0.05, 0.1) is 31.7 Å². The highest BCUT2D eigenvalue weighted by molar-refractivity contribution is 8.00. The third-order valence-corrected chi connectivity index (χ3v) is 6.68. The molecule has 0 saturated heterocycles. The van der Waals surface area contributed by atoms with Gasteiger partial charge >= 0.3 is 0 Å². The molecular weight excluding hydrogens is 424 g/mol. The van der Waals surface area contributed by atoms with Crippen LogP contribution in [0.5, 0.6) is 23.0 Å². The minimum Gasteiger partial charge on any atom is -0.497 e. The van der Waals surface area contributed by atoms with Crippen molar-refractivity contribution in [1.29, 1.82) is 0 Å². The number of carbonyl (C=O) groups excluding carboxylic acids is 1. The highest BCUT2D eigenvalue weighted by Gasteiger charge is 2.33. The Morgan fingerprint density at radius 2 is 1.53 bits per heavy atom. The molecule has 2 aromatic carbocycles. The van der Waals surface area contributed by atoms with E-state index < -0.39 is 0 Å². The van der Waals surface area contributed by atoms with Crippen LogP contribution in [0.2, 0.25) is 0 Å². The first-order chi connectivity index (χ1) is 15.0. The summed E-state index contributed by atoms with van der Waals surface area (Å²) in [5.74, 6) is 3.36. The molecule has 0 bridgehead atoms. The van der Waals surface area contributed by atoms with Gasteiger partial charge in [0, 0.05) is 17.4 Å². The number of Topliss-reactive ketones (excluding diaryl/α,β-unsaturated/α-hetero) is 1. The van der Waals surface area contributed by atoms with Gasteiger partial charge in [0.15, 0.2) is 17.3 Å². The Morgan fingerprint density at radius 3 is 2.06 bits per heavy atom. The monoisotopic (exact) mass is 460 g/mol. The van der Waals surface area contributed by atoms with Crippen LogP contribution in [0.25, 0.3) is 0 Å². The standard InChI is InChI=1S/C26H36O5S/c1-17(2)30-18(3)16-32-25(26(4,5)6)24(27)19-9-11-20(12-10-19)31-22-14-13-21(28-7)15-23(22)29-8/h9-15,17-18,25H,16H2,1-8H3. The molecule has 0 aliphatic heterocycles. The largest absolute Gasteiger partial charge is 0.497 e. The van der Waals surface area contributed by atoms with E-state index in [1.165, 1.54) is 0 Å². The Labute approximate surface area is 196 Å². The number of hydrogen-bond acceptors (Lipinski definition) is 6. The number of hydrogen-bond donors (Lipinski definition) is 0. The molecule has 0 heterocycles. The van der Waals surface area contributed by atoms with Crippen molar-refractivity contribution in [1.82, 2.24) is 0 Å². The molecule has 5 nitrogen and oxygen atoms in total. The molecule has 0 fully saturated rings. The molecule has 0 N–H and O–H groups in total. The Balaban J connectivity index is 2.13. The van der Waals surface area contributed by atoms with Gasteiger partial charge in [-0.3, -0.25) is 4.79 Å². The first-order valence-corrected chi connectivity index (χ1v) is 11.9. The van der Waals surface area contributed by atoms with Gasteiger partial charge in [0.1, 0.15) is 11.5 Å². The van der Waals surface area contributed by atoms with E-state index in [0.29, 0.717) is 28.6 Å². The van der Waals surface area contributed by atoms with Gasteiger partial charge < -0.3 is 18.9 Å². The number of rotatable bonds is 11. The summed E-state index contributed by atoms with van der Waals surface area (Å²) in [5.41, 5.74) is 0.495. The summed E-state index contributed by atoms with van der Waals surface area (Å²) in [5, 5.41) is -0.172. The Morgan fingerprint density at radius 1 is 0.906 bits per heavy atom. The Hall–Kier alpha value is -2.18. The molecule has 2 atom stereocenters. The van der Waals surface area contributed by atoms with Crippen molar-refractivity contribution in [2.75, 3.05) is 20.0 Å². The number of ether oxygens (including phenoxy) is 4. The van der Waals surface area contributed by atoms with Crippen molar-refractivity contribution in [3.8, 4) is 23.0 Å². The number of ketones is 1. The Bertz CT molecular complexity index is 871. The van der Waals surface area contributed by atoms with Gasteiger partial charge in [-0.15, -0.1) is 11.8 Å². The van der Waals surface area contributed by atoms with E-state index in [2.05, 4.69) is 27.7 Å². The van der Waals surface area contributed by atoms with E-state index in [1.807, 2.05) is 44.2 Å². The molecular formula is C26H36O5S. The van der Waals surface area contributed by atoms with E-state index in [0.717, 1.165) is 5.75 Å². The van der Waals surface area contributed by atoms with Crippen molar-refractivity contribution in [2.24, 2.45) is 5.41 Å². The SMILES string of the molecule is COc1ccc(Oc2ccc(C(=O)C(SCC(C)OC(C)C)C(C)(C)C)cc2)c(OC)c1. The van der Waals surface area contributed by atoms with Gasteiger partial charge in [0.2, 0.25) is 0 Å². The van der Waals surface area contributed by atoms with Crippen molar-refractivity contribution in [2.45, 2.75) is 59.0 Å². The molecule has 0 amide bonds. The summed E-state index contributed by atoms with van der Waals surface area (Å²) >= 11 is 1.66. The lowest BCUT2D eigenvalue weighted by Gasteiger charge is -2.30. The van der Waals surface area contributed by atoms with Gasteiger partial charge in [-0.05, 0) is 62.6 Å². The predicted molar refractivity (Wildman–Crippen MR) is 132 cm³/mol. The van der Waals surface area contributed by atoms with Crippen LogP contribution < -0.4 is 14.2 Å². The average Bonchev–Trinajstić information content (AvgIpc) is 2.73. The lowest BCUT2D eigenvalue weighted by atomic mass is 9.87. The van der Waals surface area contributed by atoms with E-state index >= 15 is 0 Å². The van der Waals surface area contributed by atoms with E-state index in [-0.39, 0.29) is 28.7 Å². The van der Waals surface area contributed by atoms with E-state index in [1.54, 1.807) is 38.1 Å². The molecule has 0 aliphatic carbocycles. The third-order valence-electron chi connectivity index (χ3n) is 4.76. The zero-order valence-electron chi connectivity index (χ0n) is 20.4. The number of methoxy groups -OCH3 is 2. The van der Waals surface area contributed by atoms with Gasteiger partial charge in [-0.1, -0.05) is 20.8 Å². The van der Waals surface area contributed by atoms with E-state index in [9.17, 15) is 4.79 Å². The van der Waals surface area contributed by atoms with Crippen LogP contribution in [0.1, 0.15) is 51.9 Å². The van der Waals surface area contributed by atoms with Crippen LogP contribution in [0, 0.1) is 5.41 Å². The summed E-state index contributed by atoms with van der Waals surface area (Å²) in [6.07, 6.45) is 0.263. The lowest BCUT2D eigenvalue weighted by Crippen LogP contribution is -2.33. The molecule has 0 radical (unpaired) electrons. The fourth-order valence-electron chi connectivity index (χ4n) is 3.28. The van der Waals surface area contributed by atoms with Gasteiger partial charge in [-0.25, -0.2) is 0 Å². The number of thioether (sulfide) groups is 1. The molecule has 176 valence electrons. The summed E-state index contributed by atoms with van der Waals surface area (Å²) < 4.78 is 22.4. The van der Waals surface area contributed by atoms with Gasteiger partial charge in [-0.2, -0.15) is 0 Å². The van der Waals surface area contributed by atoms with Crippen LogP contribution in [-0.4, -0.2) is 43.2 Å². The van der Waals surface area contributed by atoms with Crippen molar-refractivity contribution < 1.29 is 23.7 Å². The topological polar surface area (TPSA) is 54.0 Å². The zero-order valence-corrected chi connectivity index (χ0v) is 21.2.